The zero-order chi connectivity index (χ0) is 13.8. The van der Waals surface area contributed by atoms with Gasteiger partial charge in [-0.2, -0.15) is 0 Å². The van der Waals surface area contributed by atoms with Gasteiger partial charge in [0.2, 0.25) is 0 Å². The van der Waals surface area contributed by atoms with Gasteiger partial charge in [-0.05, 0) is 31.9 Å². The van der Waals surface area contributed by atoms with Crippen LogP contribution in [0.4, 0.5) is 5.69 Å². The summed E-state index contributed by atoms with van der Waals surface area (Å²) in [7, 11) is 0. The molecule has 0 spiro atoms. The highest BCUT2D eigenvalue weighted by Crippen LogP contribution is 2.29. The van der Waals surface area contributed by atoms with Crippen LogP contribution in [0.1, 0.15) is 49.8 Å². The monoisotopic (exact) mass is 270 g/mol. The number of hydrogen-bond acceptors (Lipinski definition) is 3. The van der Waals surface area contributed by atoms with Crippen LogP contribution in [-0.2, 0) is 6.54 Å². The predicted octanol–water partition coefficient (Wildman–Crippen LogP) is 3.70. The highest BCUT2D eigenvalue weighted by Gasteiger charge is 2.20. The van der Waals surface area contributed by atoms with E-state index in [0.29, 0.717) is 6.04 Å². The number of anilines is 1. The third-order valence-corrected chi connectivity index (χ3v) is 4.10. The van der Waals surface area contributed by atoms with E-state index in [9.17, 15) is 0 Å². The average Bonchev–Trinajstić information content (AvgIpc) is 2.88. The summed E-state index contributed by atoms with van der Waals surface area (Å²) >= 11 is 0. The number of aryl methyl sites for hydroxylation is 1. The van der Waals surface area contributed by atoms with Crippen molar-refractivity contribution in [3.63, 3.8) is 0 Å². The van der Waals surface area contributed by atoms with Crippen molar-refractivity contribution < 1.29 is 0 Å². The summed E-state index contributed by atoms with van der Waals surface area (Å²) in [5, 5.41) is 12.1. The van der Waals surface area contributed by atoms with Crippen LogP contribution in [-0.4, -0.2) is 14.8 Å². The highest BCUT2D eigenvalue weighted by atomic mass is 15.3. The number of benzene rings is 1. The van der Waals surface area contributed by atoms with Crippen molar-refractivity contribution in [2.24, 2.45) is 0 Å². The Bertz CT molecular complexity index is 541. The first-order valence-corrected chi connectivity index (χ1v) is 7.54. The minimum atomic E-state index is 0.589. The van der Waals surface area contributed by atoms with E-state index in [1.165, 1.54) is 32.1 Å². The number of para-hydroxylation sites is 1. The molecule has 106 valence electrons. The van der Waals surface area contributed by atoms with Gasteiger partial charge in [0, 0.05) is 11.7 Å². The van der Waals surface area contributed by atoms with Crippen molar-refractivity contribution in [3.8, 4) is 0 Å². The van der Waals surface area contributed by atoms with Gasteiger partial charge in [0.1, 0.15) is 5.82 Å². The number of rotatable bonds is 4. The maximum absolute atomic E-state index is 4.36. The second-order valence-corrected chi connectivity index (χ2v) is 5.54. The van der Waals surface area contributed by atoms with E-state index in [4.69, 9.17) is 0 Å². The van der Waals surface area contributed by atoms with Crippen LogP contribution in [0.25, 0.3) is 0 Å². The minimum absolute atomic E-state index is 0.589. The average molecular weight is 270 g/mol. The van der Waals surface area contributed by atoms with Gasteiger partial charge in [0.25, 0.3) is 0 Å². The molecule has 0 bridgehead atoms. The Morgan fingerprint density at radius 2 is 1.85 bits per heavy atom. The first-order chi connectivity index (χ1) is 9.84. The van der Waals surface area contributed by atoms with E-state index < -0.39 is 0 Å². The van der Waals surface area contributed by atoms with Crippen molar-refractivity contribution in [1.82, 2.24) is 14.8 Å². The van der Waals surface area contributed by atoms with Gasteiger partial charge in [-0.15, -0.1) is 10.2 Å². The summed E-state index contributed by atoms with van der Waals surface area (Å²) in [6, 6.07) is 10.9. The molecule has 1 heterocycles. The topological polar surface area (TPSA) is 42.7 Å². The van der Waals surface area contributed by atoms with E-state index in [1.54, 1.807) is 0 Å². The normalized spacial score (nSPS) is 16.2. The van der Waals surface area contributed by atoms with Crippen LogP contribution in [0.15, 0.2) is 30.3 Å². The van der Waals surface area contributed by atoms with Crippen LogP contribution in [0.2, 0.25) is 0 Å². The Morgan fingerprint density at radius 1 is 1.10 bits per heavy atom. The van der Waals surface area contributed by atoms with Gasteiger partial charge in [0.05, 0.1) is 6.54 Å². The second kappa shape index (κ2) is 6.07. The number of hydrogen-bond donors (Lipinski definition) is 1. The first kappa shape index (κ1) is 13.2. The molecule has 1 fully saturated rings. The molecule has 0 radical (unpaired) electrons. The SMILES string of the molecule is Cc1nnc(CNc2ccccc2)n1C1CCCCC1. The number of nitrogens with zero attached hydrogens (tertiary/aromatic N) is 3. The summed E-state index contributed by atoms with van der Waals surface area (Å²) in [6.07, 6.45) is 6.55. The van der Waals surface area contributed by atoms with Crippen molar-refractivity contribution >= 4 is 5.69 Å². The molecule has 4 heteroatoms. The summed E-state index contributed by atoms with van der Waals surface area (Å²) in [5.41, 5.74) is 1.13. The molecule has 0 unspecified atom stereocenters. The summed E-state index contributed by atoms with van der Waals surface area (Å²) < 4.78 is 2.34. The highest BCUT2D eigenvalue weighted by molar-refractivity contribution is 5.42. The van der Waals surface area contributed by atoms with Gasteiger partial charge in [-0.25, -0.2) is 0 Å². The van der Waals surface area contributed by atoms with Crippen LogP contribution in [0.5, 0.6) is 0 Å². The van der Waals surface area contributed by atoms with Crippen LogP contribution in [0, 0.1) is 6.92 Å². The Labute approximate surface area is 120 Å². The van der Waals surface area contributed by atoms with E-state index in [1.807, 2.05) is 18.2 Å². The lowest BCUT2D eigenvalue weighted by molar-refractivity contribution is 0.341. The number of aromatic nitrogens is 3. The predicted molar refractivity (Wildman–Crippen MR) is 80.6 cm³/mol. The Balaban J connectivity index is 1.73. The Kier molecular flexibility index (Phi) is 4.00. The summed E-state index contributed by atoms with van der Waals surface area (Å²) in [5.74, 6) is 2.10. The fourth-order valence-electron chi connectivity index (χ4n) is 3.09. The maximum Gasteiger partial charge on any atom is 0.152 e. The van der Waals surface area contributed by atoms with Crippen molar-refractivity contribution in [2.75, 3.05) is 5.32 Å². The van der Waals surface area contributed by atoms with E-state index in [2.05, 4.69) is 39.1 Å². The molecule has 0 saturated heterocycles. The smallest absolute Gasteiger partial charge is 0.152 e. The summed E-state index contributed by atoms with van der Waals surface area (Å²) in [6.45, 7) is 2.80. The number of nitrogens with one attached hydrogen (secondary N) is 1. The molecule has 1 aromatic carbocycles. The fraction of sp³-hybridized carbons (Fsp3) is 0.500. The van der Waals surface area contributed by atoms with Crippen molar-refractivity contribution in [3.05, 3.63) is 42.0 Å². The largest absolute Gasteiger partial charge is 0.378 e. The zero-order valence-corrected chi connectivity index (χ0v) is 12.0. The van der Waals surface area contributed by atoms with E-state index in [-0.39, 0.29) is 0 Å². The van der Waals surface area contributed by atoms with Crippen LogP contribution in [0.3, 0.4) is 0 Å². The van der Waals surface area contributed by atoms with Gasteiger partial charge in [-0.1, -0.05) is 37.5 Å². The lowest BCUT2D eigenvalue weighted by atomic mass is 9.95. The molecular weight excluding hydrogens is 248 g/mol. The standard InChI is InChI=1S/C16H22N4/c1-13-18-19-16(12-17-14-8-4-2-5-9-14)20(13)15-10-6-3-7-11-15/h2,4-5,8-9,15,17H,3,6-7,10-12H2,1H3. The molecular formula is C16H22N4. The third-order valence-electron chi connectivity index (χ3n) is 4.10. The lowest BCUT2D eigenvalue weighted by Gasteiger charge is -2.25. The molecule has 0 atom stereocenters. The van der Waals surface area contributed by atoms with E-state index >= 15 is 0 Å². The fourth-order valence-corrected chi connectivity index (χ4v) is 3.09. The van der Waals surface area contributed by atoms with E-state index in [0.717, 1.165) is 23.9 Å². The molecule has 1 aliphatic carbocycles. The summed E-state index contributed by atoms with van der Waals surface area (Å²) in [4.78, 5) is 0. The third kappa shape index (κ3) is 2.84. The molecule has 0 amide bonds. The lowest BCUT2D eigenvalue weighted by Crippen LogP contribution is -2.18. The van der Waals surface area contributed by atoms with Crippen molar-refractivity contribution in [2.45, 2.75) is 51.6 Å². The maximum atomic E-state index is 4.36. The Hall–Kier alpha value is -1.84. The zero-order valence-electron chi connectivity index (χ0n) is 12.0. The van der Waals surface area contributed by atoms with Crippen molar-refractivity contribution in [1.29, 1.82) is 0 Å². The molecule has 1 aliphatic rings. The molecule has 1 N–H and O–H groups in total. The molecule has 2 aromatic rings. The van der Waals surface area contributed by atoms with Crippen LogP contribution >= 0.6 is 0 Å². The molecule has 1 saturated carbocycles. The molecule has 4 nitrogen and oxygen atoms in total. The van der Waals surface area contributed by atoms with Gasteiger partial charge >= 0.3 is 0 Å². The first-order valence-electron chi connectivity index (χ1n) is 7.54. The van der Waals surface area contributed by atoms with Crippen LogP contribution < -0.4 is 5.32 Å². The molecule has 1 aromatic heterocycles. The van der Waals surface area contributed by atoms with Gasteiger partial charge in [-0.3, -0.25) is 0 Å². The molecule has 3 rings (SSSR count). The Morgan fingerprint density at radius 3 is 2.60 bits per heavy atom. The van der Waals surface area contributed by atoms with Gasteiger partial charge in [0.15, 0.2) is 5.82 Å². The quantitative estimate of drug-likeness (QED) is 0.921. The molecule has 0 aliphatic heterocycles. The minimum Gasteiger partial charge on any atom is -0.378 e. The molecule has 20 heavy (non-hydrogen) atoms. The van der Waals surface area contributed by atoms with Gasteiger partial charge < -0.3 is 9.88 Å². The second-order valence-electron chi connectivity index (χ2n) is 5.54.